The van der Waals surface area contributed by atoms with Crippen molar-refractivity contribution in [3.8, 4) is 0 Å². The van der Waals surface area contributed by atoms with Gasteiger partial charge in [0, 0.05) is 13.3 Å². The second-order valence-corrected chi connectivity index (χ2v) is 10.4. The van der Waals surface area contributed by atoms with Crippen molar-refractivity contribution in [3.05, 3.63) is 15.3 Å². The molecule has 2 fully saturated rings. The zero-order chi connectivity index (χ0) is 33.9. The van der Waals surface area contributed by atoms with Crippen molar-refractivity contribution < 1.29 is 126 Å². The van der Waals surface area contributed by atoms with Gasteiger partial charge < -0.3 is 75.1 Å². The van der Waals surface area contributed by atoms with Crippen LogP contribution in [0.4, 0.5) is 0 Å². The molecule has 0 aliphatic carbocycles. The van der Waals surface area contributed by atoms with Gasteiger partial charge in [0.15, 0.2) is 6.29 Å². The molecule has 9 atom stereocenters. The van der Waals surface area contributed by atoms with Crippen LogP contribution in [0.1, 0.15) is 78.1 Å². The summed E-state index contributed by atoms with van der Waals surface area (Å²) >= 11 is 0. The van der Waals surface area contributed by atoms with Gasteiger partial charge in [0.25, 0.3) is 5.97 Å². The first kappa shape index (κ1) is 46.5. The number of esters is 1. The molecule has 2 saturated heterocycles. The van der Waals surface area contributed by atoms with Crippen LogP contribution in [0.15, 0.2) is 0 Å². The van der Waals surface area contributed by atoms with Crippen molar-refractivity contribution in [1.82, 2.24) is 0 Å². The Morgan fingerprint density at radius 3 is 1.73 bits per heavy atom. The molecule has 0 spiro atoms. The predicted octanol–water partition coefficient (Wildman–Crippen LogP) is -4.07. The molecule has 0 unspecified atom stereocenters. The number of rotatable bonds is 16. The van der Waals surface area contributed by atoms with Crippen LogP contribution in [-0.2, 0) is 28.5 Å². The summed E-state index contributed by atoms with van der Waals surface area (Å²) in [6.07, 6.45) is -3.16. The summed E-state index contributed by atoms with van der Waals surface area (Å²) < 4.78 is 21.6. The Morgan fingerprint density at radius 1 is 0.822 bits per heavy atom. The number of nitrogens with zero attached hydrogens (tertiary/aromatic N) is 1. The van der Waals surface area contributed by atoms with Gasteiger partial charge in [-0.25, -0.2) is 0 Å². The predicted molar refractivity (Wildman–Crippen MR) is 148 cm³/mol. The Labute approximate surface area is 303 Å². The Kier molecular flexibility index (Phi) is 26.2. The summed E-state index contributed by atoms with van der Waals surface area (Å²) in [6, 6.07) is 0. The van der Waals surface area contributed by atoms with Gasteiger partial charge in [-0.15, -0.1) is 0 Å². The summed E-state index contributed by atoms with van der Waals surface area (Å²) in [5.74, 6) is -3.67. The van der Waals surface area contributed by atoms with E-state index in [1.165, 1.54) is 32.1 Å². The second kappa shape index (κ2) is 25.4. The smallest absolute Gasteiger partial charge is 0.481 e. The fourth-order valence-corrected chi connectivity index (χ4v) is 4.45. The monoisotopic (exact) mass is 685 g/mol. The van der Waals surface area contributed by atoms with Crippen LogP contribution >= 0.6 is 0 Å². The fraction of sp³-hybridized carbons (Fsp3) is 0.923. The summed E-state index contributed by atoms with van der Waals surface area (Å²) in [5.41, 5.74) is 0. The van der Waals surface area contributed by atoms with E-state index < -0.39 is 91.7 Å². The van der Waals surface area contributed by atoms with Crippen LogP contribution in [0.5, 0.6) is 0 Å². The van der Waals surface area contributed by atoms with Crippen molar-refractivity contribution in [1.29, 1.82) is 0 Å². The van der Waals surface area contributed by atoms with Crippen LogP contribution < -0.4 is 51.4 Å². The average Bonchev–Trinajstić information content (AvgIpc) is 3.19. The van der Waals surface area contributed by atoms with E-state index in [1.54, 1.807) is 0 Å². The number of aliphatic hydroxyl groups is 7. The van der Waals surface area contributed by atoms with Crippen molar-refractivity contribution in [2.75, 3.05) is 19.8 Å². The van der Waals surface area contributed by atoms with Crippen LogP contribution in [0.25, 0.3) is 0 Å². The first-order valence-electron chi connectivity index (χ1n) is 14.5. The molecule has 0 radical (unpaired) electrons. The van der Waals surface area contributed by atoms with Crippen LogP contribution in [0, 0.1) is 15.3 Å². The third-order valence-electron chi connectivity index (χ3n) is 6.77. The molecule has 0 amide bonds. The number of carboxylic acids is 1. The summed E-state index contributed by atoms with van der Waals surface area (Å²) in [5, 5.41) is 92.2. The molecule has 0 aromatic carbocycles. The van der Waals surface area contributed by atoms with Crippen LogP contribution in [0.2, 0.25) is 0 Å². The Bertz CT molecular complexity index is 804. The zero-order valence-electron chi connectivity index (χ0n) is 26.0. The SMILES string of the molecule is CC(=O)O.CCCCCCCCCCCC(=O)OC[C@@]1(O[C@H]2O[C@H](CO)[C@@H](O)[C@H](O)[C@H]2O)O[C@H](CO)[C@@H](O)[C@@H]1O.O=[N+]([O-])[O-].[K+]. The topological polar surface area (TPSA) is 299 Å². The number of ether oxygens (including phenoxy) is 4. The first-order valence-corrected chi connectivity index (χ1v) is 14.5. The molecule has 2 rings (SSSR count). The molecule has 0 aromatic rings. The van der Waals surface area contributed by atoms with Gasteiger partial charge in [0.2, 0.25) is 5.79 Å². The van der Waals surface area contributed by atoms with Crippen LogP contribution in [-0.4, -0.2) is 133 Å². The van der Waals surface area contributed by atoms with Crippen molar-refractivity contribution in [2.45, 2.75) is 133 Å². The molecule has 260 valence electrons. The average molecular weight is 686 g/mol. The number of aliphatic hydroxyl groups excluding tert-OH is 7. The van der Waals surface area contributed by atoms with Gasteiger partial charge >= 0.3 is 57.4 Å². The van der Waals surface area contributed by atoms with E-state index in [-0.39, 0.29) is 57.8 Å². The number of carboxylic acid groups (broad SMARTS) is 1. The zero-order valence-corrected chi connectivity index (χ0v) is 29.1. The van der Waals surface area contributed by atoms with Gasteiger partial charge in [-0.3, -0.25) is 9.59 Å². The normalized spacial score (nSPS) is 30.5. The third kappa shape index (κ3) is 17.9. The minimum absolute atomic E-state index is 0. The third-order valence-corrected chi connectivity index (χ3v) is 6.77. The van der Waals surface area contributed by atoms with Crippen LogP contribution in [0.3, 0.4) is 0 Å². The number of aliphatic carboxylic acids is 1. The van der Waals surface area contributed by atoms with E-state index in [0.29, 0.717) is 6.42 Å². The standard InChI is InChI=1S/C24H44O12.C2H4O2.K.NO3/c1-2-3-4-5-6-7-8-9-10-11-17(27)33-14-24(22(32)19(29)16(13-26)35-24)36-23-21(31)20(30)18(28)15(12-25)34-23;1-2(3)4;;2-1(3)4/h15-16,18-23,25-26,28-32H,2-14H2,1H3;1H3,(H,3,4);;/q;;+1;-1/t15-,16-,18-,19-,20+,21-,22+,23-,24+;;;/m1.../s1. The molecular formula is C26H48KNO17. The van der Waals surface area contributed by atoms with Gasteiger partial charge in [-0.1, -0.05) is 58.3 Å². The maximum Gasteiger partial charge on any atom is 1.00 e. The summed E-state index contributed by atoms with van der Waals surface area (Å²) in [4.78, 5) is 29.6. The number of hydrogen-bond donors (Lipinski definition) is 8. The molecule has 2 aliphatic heterocycles. The van der Waals surface area contributed by atoms with Gasteiger partial charge in [-0.2, -0.15) is 0 Å². The van der Waals surface area contributed by atoms with E-state index >= 15 is 0 Å². The molecule has 19 heteroatoms. The molecular weight excluding hydrogens is 637 g/mol. The molecule has 2 aliphatic rings. The number of hydrogen-bond acceptors (Lipinski definition) is 16. The van der Waals surface area contributed by atoms with Crippen molar-refractivity contribution >= 4 is 11.9 Å². The number of carbonyl (C=O) groups is 2. The molecule has 18 nitrogen and oxygen atoms in total. The Morgan fingerprint density at radius 2 is 1.29 bits per heavy atom. The van der Waals surface area contributed by atoms with E-state index in [9.17, 15) is 40.5 Å². The number of unbranched alkanes of at least 4 members (excludes halogenated alkanes) is 8. The van der Waals surface area contributed by atoms with E-state index in [1.807, 2.05) is 0 Å². The summed E-state index contributed by atoms with van der Waals surface area (Å²) in [7, 11) is 0. The van der Waals surface area contributed by atoms with Gasteiger partial charge in [0.05, 0.1) is 18.3 Å². The van der Waals surface area contributed by atoms with E-state index in [0.717, 1.165) is 26.2 Å². The molecule has 45 heavy (non-hydrogen) atoms. The second-order valence-electron chi connectivity index (χ2n) is 10.4. The Hall–Kier alpha value is -0.624. The van der Waals surface area contributed by atoms with Crippen molar-refractivity contribution in [2.24, 2.45) is 0 Å². The fourth-order valence-electron chi connectivity index (χ4n) is 4.45. The minimum atomic E-state index is -2.24. The van der Waals surface area contributed by atoms with Gasteiger partial charge in [0.1, 0.15) is 49.3 Å². The maximum atomic E-state index is 12.3. The molecule has 2 heterocycles. The maximum absolute atomic E-state index is 12.3. The first-order chi connectivity index (χ1) is 20.7. The van der Waals surface area contributed by atoms with Gasteiger partial charge in [-0.05, 0) is 6.42 Å². The largest absolute Gasteiger partial charge is 1.00 e. The molecule has 8 N–H and O–H groups in total. The van der Waals surface area contributed by atoms with E-state index in [2.05, 4.69) is 6.92 Å². The van der Waals surface area contributed by atoms with Crippen molar-refractivity contribution in [3.63, 3.8) is 0 Å². The minimum Gasteiger partial charge on any atom is -0.481 e. The molecule has 0 bridgehead atoms. The number of carbonyl (C=O) groups excluding carboxylic acids is 1. The quantitative estimate of drug-likeness (QED) is 0.0252. The summed E-state index contributed by atoms with van der Waals surface area (Å²) in [6.45, 7) is 1.16. The Balaban J connectivity index is 0. The van der Waals surface area contributed by atoms with E-state index in [4.69, 9.17) is 44.2 Å². The molecule has 0 aromatic heterocycles. The molecule has 0 saturated carbocycles.